The van der Waals surface area contributed by atoms with Gasteiger partial charge < -0.3 is 15.4 Å². The molecule has 2 N–H and O–H groups in total. The van der Waals surface area contributed by atoms with Crippen LogP contribution in [0.2, 0.25) is 0 Å². The summed E-state index contributed by atoms with van der Waals surface area (Å²) in [5.41, 5.74) is 1.03. The molecule has 1 amide bonds. The fourth-order valence-corrected chi connectivity index (χ4v) is 3.13. The standard InChI is InChI=1S/C14H17N3O2S/c18-14(11-9-15-7-8-19-11)16-6-5-13-17-10-3-1-2-4-12(10)20-13/h1-4,11,15H,5-9H2,(H,16,18). The smallest absolute Gasteiger partial charge is 0.250 e. The summed E-state index contributed by atoms with van der Waals surface area (Å²) in [5, 5.41) is 7.10. The van der Waals surface area contributed by atoms with Crippen molar-refractivity contribution >= 4 is 27.5 Å². The lowest BCUT2D eigenvalue weighted by atomic mass is 10.3. The zero-order valence-corrected chi connectivity index (χ0v) is 11.9. The normalized spacial score (nSPS) is 19.1. The molecule has 1 aromatic heterocycles. The van der Waals surface area contributed by atoms with Gasteiger partial charge in [0.25, 0.3) is 0 Å². The number of carbonyl (C=O) groups is 1. The molecule has 5 nitrogen and oxygen atoms in total. The minimum atomic E-state index is -0.362. The molecule has 0 radical (unpaired) electrons. The Bertz CT molecular complexity index is 560. The molecular formula is C14H17N3O2S. The Morgan fingerprint density at radius 2 is 2.40 bits per heavy atom. The van der Waals surface area contributed by atoms with Crippen LogP contribution in [0.15, 0.2) is 24.3 Å². The predicted molar refractivity (Wildman–Crippen MR) is 78.9 cm³/mol. The van der Waals surface area contributed by atoms with E-state index in [0.29, 0.717) is 19.7 Å². The molecule has 1 atom stereocenters. The van der Waals surface area contributed by atoms with Gasteiger partial charge in [-0.05, 0) is 12.1 Å². The largest absolute Gasteiger partial charge is 0.366 e. The molecule has 1 fully saturated rings. The summed E-state index contributed by atoms with van der Waals surface area (Å²) in [6, 6.07) is 8.08. The Labute approximate surface area is 121 Å². The van der Waals surface area contributed by atoms with Gasteiger partial charge in [0, 0.05) is 26.1 Å². The Balaban J connectivity index is 1.50. The zero-order chi connectivity index (χ0) is 13.8. The number of nitrogens with one attached hydrogen (secondary N) is 2. The van der Waals surface area contributed by atoms with Crippen molar-refractivity contribution in [1.29, 1.82) is 0 Å². The molecule has 6 heteroatoms. The number of para-hydroxylation sites is 1. The summed E-state index contributed by atoms with van der Waals surface area (Å²) in [4.78, 5) is 16.4. The lowest BCUT2D eigenvalue weighted by Gasteiger charge is -2.22. The molecule has 2 heterocycles. The van der Waals surface area contributed by atoms with Gasteiger partial charge in [0.15, 0.2) is 0 Å². The van der Waals surface area contributed by atoms with E-state index >= 15 is 0 Å². The van der Waals surface area contributed by atoms with Gasteiger partial charge in [0.2, 0.25) is 5.91 Å². The van der Waals surface area contributed by atoms with Gasteiger partial charge in [-0.15, -0.1) is 11.3 Å². The number of thiazole rings is 1. The van der Waals surface area contributed by atoms with Gasteiger partial charge in [0.1, 0.15) is 6.10 Å². The van der Waals surface area contributed by atoms with Crippen molar-refractivity contribution in [1.82, 2.24) is 15.6 Å². The Kier molecular flexibility index (Phi) is 4.25. The molecule has 3 rings (SSSR count). The molecule has 106 valence electrons. The van der Waals surface area contributed by atoms with Crippen molar-refractivity contribution in [2.24, 2.45) is 0 Å². The Hall–Kier alpha value is -1.50. The lowest BCUT2D eigenvalue weighted by Crippen LogP contribution is -2.48. The highest BCUT2D eigenvalue weighted by Gasteiger charge is 2.21. The van der Waals surface area contributed by atoms with Crippen LogP contribution in [0.5, 0.6) is 0 Å². The van der Waals surface area contributed by atoms with Crippen molar-refractivity contribution < 1.29 is 9.53 Å². The maximum Gasteiger partial charge on any atom is 0.250 e. The summed E-state index contributed by atoms with van der Waals surface area (Å²) in [5.74, 6) is -0.0432. The topological polar surface area (TPSA) is 63.2 Å². The molecule has 1 aliphatic heterocycles. The first-order chi connectivity index (χ1) is 9.83. The molecule has 0 bridgehead atoms. The highest BCUT2D eigenvalue weighted by atomic mass is 32.1. The van der Waals surface area contributed by atoms with E-state index in [-0.39, 0.29) is 12.0 Å². The molecule has 1 aromatic carbocycles. The third-order valence-electron chi connectivity index (χ3n) is 3.20. The van der Waals surface area contributed by atoms with Crippen molar-refractivity contribution in [3.8, 4) is 0 Å². The number of fused-ring (bicyclic) bond motifs is 1. The van der Waals surface area contributed by atoms with E-state index in [4.69, 9.17) is 4.74 Å². The monoisotopic (exact) mass is 291 g/mol. The van der Waals surface area contributed by atoms with E-state index in [0.717, 1.165) is 23.5 Å². The number of nitrogens with zero attached hydrogens (tertiary/aromatic N) is 1. The van der Waals surface area contributed by atoms with Crippen LogP contribution in [0, 0.1) is 0 Å². The first kappa shape index (κ1) is 13.5. The van der Waals surface area contributed by atoms with E-state index in [1.54, 1.807) is 11.3 Å². The number of aromatic nitrogens is 1. The van der Waals surface area contributed by atoms with Crippen LogP contribution >= 0.6 is 11.3 Å². The second-order valence-corrected chi connectivity index (χ2v) is 5.80. The minimum Gasteiger partial charge on any atom is -0.366 e. The average molecular weight is 291 g/mol. The van der Waals surface area contributed by atoms with E-state index in [1.165, 1.54) is 4.70 Å². The van der Waals surface area contributed by atoms with Gasteiger partial charge in [0.05, 0.1) is 21.8 Å². The molecular weight excluding hydrogens is 274 g/mol. The molecule has 1 unspecified atom stereocenters. The van der Waals surface area contributed by atoms with Crippen molar-refractivity contribution in [3.05, 3.63) is 29.3 Å². The zero-order valence-electron chi connectivity index (χ0n) is 11.1. The third-order valence-corrected chi connectivity index (χ3v) is 4.29. The van der Waals surface area contributed by atoms with Gasteiger partial charge in [-0.25, -0.2) is 4.98 Å². The minimum absolute atomic E-state index is 0.0432. The number of benzene rings is 1. The molecule has 1 saturated heterocycles. The molecule has 2 aromatic rings. The van der Waals surface area contributed by atoms with Crippen LogP contribution in [-0.4, -0.2) is 43.2 Å². The summed E-state index contributed by atoms with van der Waals surface area (Å²) in [6.07, 6.45) is 0.393. The summed E-state index contributed by atoms with van der Waals surface area (Å²) >= 11 is 1.68. The van der Waals surface area contributed by atoms with E-state index in [9.17, 15) is 4.79 Å². The van der Waals surface area contributed by atoms with Gasteiger partial charge in [-0.2, -0.15) is 0 Å². The number of hydrogen-bond acceptors (Lipinski definition) is 5. The highest BCUT2D eigenvalue weighted by Crippen LogP contribution is 2.21. The Morgan fingerprint density at radius 3 is 3.20 bits per heavy atom. The van der Waals surface area contributed by atoms with E-state index in [1.807, 2.05) is 18.2 Å². The fourth-order valence-electron chi connectivity index (χ4n) is 2.17. The summed E-state index contributed by atoms with van der Waals surface area (Å²) in [6.45, 7) is 2.59. The molecule has 1 aliphatic rings. The fraction of sp³-hybridized carbons (Fsp3) is 0.429. The second kappa shape index (κ2) is 6.30. The van der Waals surface area contributed by atoms with Crippen molar-refractivity contribution in [2.45, 2.75) is 12.5 Å². The number of morpholine rings is 1. The maximum absolute atomic E-state index is 11.9. The molecule has 0 saturated carbocycles. The van der Waals surface area contributed by atoms with Crippen LogP contribution in [0.25, 0.3) is 10.2 Å². The quantitative estimate of drug-likeness (QED) is 0.880. The first-order valence-electron chi connectivity index (χ1n) is 6.77. The third kappa shape index (κ3) is 3.15. The number of hydrogen-bond donors (Lipinski definition) is 2. The molecule has 0 aliphatic carbocycles. The van der Waals surface area contributed by atoms with Crippen LogP contribution in [0.3, 0.4) is 0 Å². The second-order valence-electron chi connectivity index (χ2n) is 4.68. The number of carbonyl (C=O) groups excluding carboxylic acids is 1. The SMILES string of the molecule is O=C(NCCc1nc2ccccc2s1)C1CNCCO1. The van der Waals surface area contributed by atoms with Gasteiger partial charge in [-0.1, -0.05) is 12.1 Å². The van der Waals surface area contributed by atoms with Gasteiger partial charge in [-0.3, -0.25) is 4.79 Å². The van der Waals surface area contributed by atoms with Gasteiger partial charge >= 0.3 is 0 Å². The number of amides is 1. The molecule has 20 heavy (non-hydrogen) atoms. The average Bonchev–Trinajstić information content (AvgIpc) is 2.90. The van der Waals surface area contributed by atoms with Crippen LogP contribution < -0.4 is 10.6 Å². The number of rotatable bonds is 4. The molecule has 0 spiro atoms. The van der Waals surface area contributed by atoms with Crippen LogP contribution in [-0.2, 0) is 16.0 Å². The van der Waals surface area contributed by atoms with Crippen LogP contribution in [0.1, 0.15) is 5.01 Å². The maximum atomic E-state index is 11.9. The summed E-state index contributed by atoms with van der Waals surface area (Å²) in [7, 11) is 0. The number of ether oxygens (including phenoxy) is 1. The van der Waals surface area contributed by atoms with Crippen LogP contribution in [0.4, 0.5) is 0 Å². The van der Waals surface area contributed by atoms with Crippen molar-refractivity contribution in [3.63, 3.8) is 0 Å². The summed E-state index contributed by atoms with van der Waals surface area (Å²) < 4.78 is 6.59. The van der Waals surface area contributed by atoms with E-state index < -0.39 is 0 Å². The Morgan fingerprint density at radius 1 is 1.50 bits per heavy atom. The van der Waals surface area contributed by atoms with Crippen molar-refractivity contribution in [2.75, 3.05) is 26.2 Å². The predicted octanol–water partition coefficient (Wildman–Crippen LogP) is 0.943. The highest BCUT2D eigenvalue weighted by molar-refractivity contribution is 7.18. The first-order valence-corrected chi connectivity index (χ1v) is 7.59. The van der Waals surface area contributed by atoms with E-state index in [2.05, 4.69) is 21.7 Å². The lowest BCUT2D eigenvalue weighted by molar-refractivity contribution is -0.134.